The van der Waals surface area contributed by atoms with Crippen molar-refractivity contribution in [2.24, 2.45) is 0 Å². The predicted molar refractivity (Wildman–Crippen MR) is 334 cm³/mol. The molecule has 0 saturated carbocycles. The van der Waals surface area contributed by atoms with Crippen LogP contribution in [0.25, 0.3) is 0 Å². The van der Waals surface area contributed by atoms with Gasteiger partial charge in [0, 0.05) is 6.42 Å². The number of amides is 1. The van der Waals surface area contributed by atoms with E-state index in [1.165, 1.54) is 263 Å². The van der Waals surface area contributed by atoms with Gasteiger partial charge in [0.15, 0.2) is 0 Å². The number of likely N-dealkylation sites (N-methyl/N-ethyl adjacent to an activating group) is 1. The summed E-state index contributed by atoms with van der Waals surface area (Å²) >= 11 is 0. The number of unbranched alkanes of at least 4 members (excludes halogenated alkanes) is 43. The predicted octanol–water partition coefficient (Wildman–Crippen LogP) is 20.4. The molecule has 2 N–H and O–H groups in total. The number of aliphatic hydroxyl groups excluding tert-OH is 1. The third-order valence-corrected chi connectivity index (χ3v) is 16.2. The van der Waals surface area contributed by atoms with E-state index in [2.05, 4.69) is 55.6 Å². The van der Waals surface area contributed by atoms with Crippen molar-refractivity contribution in [1.29, 1.82) is 0 Å². The number of quaternary nitrogens is 1. The quantitative estimate of drug-likeness (QED) is 0.0272. The SMILES string of the molecule is CCCCCCCCCCCCC/C=C\C/C=C\CCCCCCCCCCCCCCCCCCCC(=O)NC(COP(=O)([O-])OCC[N+](C)(C)C)C(O)/C=C/CC/C=C/CCCCCCCCCCCCCCCC. The minimum atomic E-state index is -4.61. The van der Waals surface area contributed by atoms with Crippen molar-refractivity contribution < 1.29 is 32.9 Å². The van der Waals surface area contributed by atoms with Crippen LogP contribution >= 0.6 is 7.82 Å². The standard InChI is InChI=1S/C68H131N2O6P/c1-6-8-10-12-14-16-18-20-22-24-26-28-29-30-31-32-33-34-35-36-37-38-39-40-41-42-44-46-48-50-52-54-56-58-60-62-68(72)69-66(65-76-77(73,74)75-64-63-70(3,4)5)67(71)61-59-57-55-53-51-49-47-45-43-27-25-23-21-19-17-15-13-11-9-7-2/h29-30,32-33,51,53,59,61,66-67,71H,6-28,31,34-50,52,54-58,60,62-65H2,1-5H3,(H-,69,72,73,74)/b30-29-,33-32-,53-51+,61-59+. The zero-order valence-electron chi connectivity index (χ0n) is 51.9. The molecule has 0 rings (SSSR count). The van der Waals surface area contributed by atoms with Crippen molar-refractivity contribution >= 4 is 13.7 Å². The number of hydrogen-bond donors (Lipinski definition) is 2. The molecule has 3 unspecified atom stereocenters. The lowest BCUT2D eigenvalue weighted by molar-refractivity contribution is -0.870. The van der Waals surface area contributed by atoms with Crippen LogP contribution in [0.2, 0.25) is 0 Å². The van der Waals surface area contributed by atoms with Crippen molar-refractivity contribution in [2.75, 3.05) is 40.9 Å². The van der Waals surface area contributed by atoms with Gasteiger partial charge >= 0.3 is 0 Å². The number of carbonyl (C=O) groups is 1. The molecule has 0 spiro atoms. The lowest BCUT2D eigenvalue weighted by Gasteiger charge is -2.29. The third kappa shape index (κ3) is 61.9. The first kappa shape index (κ1) is 75.5. The Morgan fingerprint density at radius 3 is 1.13 bits per heavy atom. The van der Waals surface area contributed by atoms with Crippen LogP contribution in [-0.2, 0) is 18.4 Å². The van der Waals surface area contributed by atoms with E-state index in [0.29, 0.717) is 17.4 Å². The van der Waals surface area contributed by atoms with Crippen LogP contribution in [0.1, 0.15) is 328 Å². The second kappa shape index (κ2) is 59.1. The number of rotatable bonds is 62. The molecule has 1 amide bonds. The molecule has 0 radical (unpaired) electrons. The molecular formula is C68H131N2O6P. The van der Waals surface area contributed by atoms with Gasteiger partial charge in [-0.1, -0.05) is 306 Å². The normalized spacial score (nSPS) is 14.0. The topological polar surface area (TPSA) is 108 Å². The Bertz CT molecular complexity index is 1390. The molecule has 0 aliphatic rings. The Hall–Kier alpha value is -1.54. The second-order valence-corrected chi connectivity index (χ2v) is 25.6. The number of nitrogens with one attached hydrogen (secondary N) is 1. The first-order valence-corrected chi connectivity index (χ1v) is 35.0. The molecule has 0 aliphatic carbocycles. The highest BCUT2D eigenvalue weighted by molar-refractivity contribution is 7.45. The zero-order valence-corrected chi connectivity index (χ0v) is 52.8. The van der Waals surface area contributed by atoms with Gasteiger partial charge in [-0.15, -0.1) is 0 Å². The average Bonchev–Trinajstić information content (AvgIpc) is 3.39. The van der Waals surface area contributed by atoms with E-state index in [1.54, 1.807) is 6.08 Å². The van der Waals surface area contributed by atoms with Crippen LogP contribution in [0.15, 0.2) is 48.6 Å². The summed E-state index contributed by atoms with van der Waals surface area (Å²) in [7, 11) is 1.25. The van der Waals surface area contributed by atoms with E-state index in [0.717, 1.165) is 44.9 Å². The number of phosphoric ester groups is 1. The number of aliphatic hydroxyl groups is 1. The maximum absolute atomic E-state index is 13.0. The number of carbonyl (C=O) groups excluding carboxylic acids is 1. The van der Waals surface area contributed by atoms with Crippen LogP contribution in [0.3, 0.4) is 0 Å². The van der Waals surface area contributed by atoms with Crippen molar-refractivity contribution in [1.82, 2.24) is 5.32 Å². The van der Waals surface area contributed by atoms with Crippen molar-refractivity contribution in [3.63, 3.8) is 0 Å². The van der Waals surface area contributed by atoms with Crippen LogP contribution < -0.4 is 10.2 Å². The zero-order chi connectivity index (χ0) is 56.3. The van der Waals surface area contributed by atoms with Crippen LogP contribution in [0.5, 0.6) is 0 Å². The minimum Gasteiger partial charge on any atom is -0.756 e. The summed E-state index contributed by atoms with van der Waals surface area (Å²) in [5.41, 5.74) is 0. The van der Waals surface area contributed by atoms with Gasteiger partial charge in [-0.25, -0.2) is 0 Å². The monoisotopic (exact) mass is 1100 g/mol. The molecular weight excluding hydrogens is 972 g/mol. The summed E-state index contributed by atoms with van der Waals surface area (Å²) in [5, 5.41) is 13.9. The smallest absolute Gasteiger partial charge is 0.268 e. The lowest BCUT2D eigenvalue weighted by Crippen LogP contribution is -2.45. The molecule has 3 atom stereocenters. The molecule has 0 aromatic carbocycles. The first-order valence-electron chi connectivity index (χ1n) is 33.5. The van der Waals surface area contributed by atoms with Crippen LogP contribution in [0.4, 0.5) is 0 Å². The highest BCUT2D eigenvalue weighted by Crippen LogP contribution is 2.38. The van der Waals surface area contributed by atoms with Gasteiger partial charge in [-0.2, -0.15) is 0 Å². The van der Waals surface area contributed by atoms with E-state index < -0.39 is 26.6 Å². The van der Waals surface area contributed by atoms with Crippen molar-refractivity contribution in [3.8, 4) is 0 Å². The Kier molecular flexibility index (Phi) is 57.9. The fraction of sp³-hybridized carbons (Fsp3) is 0.868. The summed E-state index contributed by atoms with van der Waals surface area (Å²) in [6.45, 7) is 4.67. The minimum absolute atomic E-state index is 0.00578. The van der Waals surface area contributed by atoms with Gasteiger partial charge < -0.3 is 28.8 Å². The lowest BCUT2D eigenvalue weighted by atomic mass is 10.0. The molecule has 0 bridgehead atoms. The van der Waals surface area contributed by atoms with Gasteiger partial charge in [0.05, 0.1) is 39.9 Å². The molecule has 0 aromatic rings. The van der Waals surface area contributed by atoms with Gasteiger partial charge in [-0.3, -0.25) is 9.36 Å². The van der Waals surface area contributed by atoms with Gasteiger partial charge in [-0.05, 0) is 64.2 Å². The number of allylic oxidation sites excluding steroid dienone is 7. The Morgan fingerprint density at radius 1 is 0.455 bits per heavy atom. The van der Waals surface area contributed by atoms with Crippen molar-refractivity contribution in [2.45, 2.75) is 341 Å². The van der Waals surface area contributed by atoms with E-state index in [9.17, 15) is 19.4 Å². The molecule has 8 nitrogen and oxygen atoms in total. The molecule has 0 saturated heterocycles. The Morgan fingerprint density at radius 2 is 0.766 bits per heavy atom. The Labute approximate surface area is 479 Å². The fourth-order valence-corrected chi connectivity index (χ4v) is 10.8. The van der Waals surface area contributed by atoms with Gasteiger partial charge in [0.2, 0.25) is 5.91 Å². The molecule has 9 heteroatoms. The molecule has 454 valence electrons. The summed E-state index contributed by atoms with van der Waals surface area (Å²) in [6.07, 6.45) is 79.5. The van der Waals surface area contributed by atoms with E-state index in [-0.39, 0.29) is 12.5 Å². The van der Waals surface area contributed by atoms with Gasteiger partial charge in [0.25, 0.3) is 7.82 Å². The summed E-state index contributed by atoms with van der Waals surface area (Å²) in [6, 6.07) is -0.904. The maximum Gasteiger partial charge on any atom is 0.268 e. The fourth-order valence-electron chi connectivity index (χ4n) is 10.0. The first-order chi connectivity index (χ1) is 37.5. The third-order valence-electron chi connectivity index (χ3n) is 15.3. The number of phosphoric acid groups is 1. The molecule has 0 aromatic heterocycles. The molecule has 0 heterocycles. The van der Waals surface area contributed by atoms with Crippen LogP contribution in [-0.4, -0.2) is 68.5 Å². The van der Waals surface area contributed by atoms with E-state index >= 15 is 0 Å². The van der Waals surface area contributed by atoms with Crippen molar-refractivity contribution in [3.05, 3.63) is 48.6 Å². The second-order valence-electron chi connectivity index (χ2n) is 24.2. The van der Waals surface area contributed by atoms with E-state index in [1.807, 2.05) is 27.2 Å². The number of hydrogen-bond acceptors (Lipinski definition) is 6. The largest absolute Gasteiger partial charge is 0.756 e. The highest BCUT2D eigenvalue weighted by atomic mass is 31.2. The maximum atomic E-state index is 13.0. The number of nitrogens with zero attached hydrogens (tertiary/aromatic N) is 1. The average molecular weight is 1100 g/mol. The van der Waals surface area contributed by atoms with Gasteiger partial charge in [0.1, 0.15) is 13.2 Å². The highest BCUT2D eigenvalue weighted by Gasteiger charge is 2.23. The molecule has 77 heavy (non-hydrogen) atoms. The van der Waals surface area contributed by atoms with E-state index in [4.69, 9.17) is 9.05 Å². The summed E-state index contributed by atoms with van der Waals surface area (Å²) in [4.78, 5) is 25.6. The summed E-state index contributed by atoms with van der Waals surface area (Å²) in [5.74, 6) is -0.203. The Balaban J connectivity index is 4.05. The molecule has 0 fully saturated rings. The van der Waals surface area contributed by atoms with Crippen LogP contribution in [0, 0.1) is 0 Å². The summed E-state index contributed by atoms with van der Waals surface area (Å²) < 4.78 is 23.4. The molecule has 0 aliphatic heterocycles.